The van der Waals surface area contributed by atoms with Gasteiger partial charge in [-0.2, -0.15) is 0 Å². The molecule has 0 spiro atoms. The van der Waals surface area contributed by atoms with Gasteiger partial charge in [-0.1, -0.05) is 23.5 Å². The van der Waals surface area contributed by atoms with E-state index in [4.69, 9.17) is 4.74 Å². The highest BCUT2D eigenvalue weighted by atomic mass is 35.5. The topological polar surface area (TPSA) is 76.1 Å². The van der Waals surface area contributed by atoms with Crippen molar-refractivity contribution >= 4 is 34.8 Å². The van der Waals surface area contributed by atoms with Gasteiger partial charge in [0.1, 0.15) is 10.8 Å². The van der Waals surface area contributed by atoms with Crippen LogP contribution in [0.15, 0.2) is 24.3 Å². The van der Waals surface area contributed by atoms with Crippen molar-refractivity contribution < 1.29 is 9.53 Å². The predicted molar refractivity (Wildman–Crippen MR) is 106 cm³/mol. The molecule has 26 heavy (non-hydrogen) atoms. The first-order chi connectivity index (χ1) is 12.2. The lowest BCUT2D eigenvalue weighted by molar-refractivity contribution is -0.116. The fraction of sp³-hybridized carbons (Fsp3) is 0.500. The zero-order valence-corrected chi connectivity index (χ0v) is 16.5. The van der Waals surface area contributed by atoms with Gasteiger partial charge in [-0.25, -0.2) is 0 Å². The highest BCUT2D eigenvalue weighted by Crippen LogP contribution is 2.22. The summed E-state index contributed by atoms with van der Waals surface area (Å²) < 4.78 is 5.23. The number of benzene rings is 1. The van der Waals surface area contributed by atoms with Crippen LogP contribution in [0.4, 0.5) is 5.13 Å². The van der Waals surface area contributed by atoms with Crippen LogP contribution in [-0.4, -0.2) is 36.3 Å². The van der Waals surface area contributed by atoms with E-state index in [-0.39, 0.29) is 18.3 Å². The first-order valence-electron chi connectivity index (χ1n) is 8.69. The number of anilines is 1. The number of amides is 1. The van der Waals surface area contributed by atoms with Crippen LogP contribution in [-0.2, 0) is 11.2 Å². The van der Waals surface area contributed by atoms with Crippen molar-refractivity contribution in [3.8, 4) is 5.75 Å². The van der Waals surface area contributed by atoms with E-state index in [1.807, 2.05) is 24.3 Å². The molecule has 2 heterocycles. The van der Waals surface area contributed by atoms with E-state index in [1.165, 1.54) is 11.3 Å². The predicted octanol–water partition coefficient (Wildman–Crippen LogP) is 3.28. The lowest BCUT2D eigenvalue weighted by Crippen LogP contribution is -2.28. The van der Waals surface area contributed by atoms with Crippen molar-refractivity contribution in [2.45, 2.75) is 32.1 Å². The molecule has 0 aliphatic carbocycles. The molecule has 1 aliphatic rings. The molecule has 1 aromatic heterocycles. The summed E-state index contributed by atoms with van der Waals surface area (Å²) in [6, 6.07) is 7.89. The minimum atomic E-state index is 0. The van der Waals surface area contributed by atoms with Crippen LogP contribution >= 0.6 is 23.7 Å². The van der Waals surface area contributed by atoms with Crippen molar-refractivity contribution in [1.82, 2.24) is 15.5 Å². The Balaban J connectivity index is 0.00000243. The van der Waals surface area contributed by atoms with Crippen molar-refractivity contribution in [2.24, 2.45) is 5.92 Å². The van der Waals surface area contributed by atoms with Crippen LogP contribution in [0.2, 0.25) is 0 Å². The molecule has 2 N–H and O–H groups in total. The molecule has 0 saturated carbocycles. The van der Waals surface area contributed by atoms with Crippen molar-refractivity contribution in [3.05, 3.63) is 34.8 Å². The summed E-state index contributed by atoms with van der Waals surface area (Å²) in [5.74, 6) is 1.51. The van der Waals surface area contributed by atoms with Gasteiger partial charge >= 0.3 is 0 Å². The second kappa shape index (κ2) is 10.4. The molecule has 8 heteroatoms. The molecule has 2 aromatic rings. The second-order valence-corrected chi connectivity index (χ2v) is 7.37. The third kappa shape index (κ3) is 6.23. The molecule has 0 atom stereocenters. The van der Waals surface area contributed by atoms with E-state index in [9.17, 15) is 4.79 Å². The number of ether oxygens (including phenoxy) is 1. The van der Waals surface area contributed by atoms with Gasteiger partial charge in [-0.15, -0.1) is 22.6 Å². The zero-order chi connectivity index (χ0) is 17.5. The third-order valence-electron chi connectivity index (χ3n) is 4.44. The Hall–Kier alpha value is -1.70. The van der Waals surface area contributed by atoms with Crippen LogP contribution in [0, 0.1) is 5.92 Å². The van der Waals surface area contributed by atoms with E-state index in [1.54, 1.807) is 7.11 Å². The summed E-state index contributed by atoms with van der Waals surface area (Å²) in [6.45, 7) is 2.13. The summed E-state index contributed by atoms with van der Waals surface area (Å²) in [5.41, 5.74) is 1.11. The Bertz CT molecular complexity index is 704. The highest BCUT2D eigenvalue weighted by molar-refractivity contribution is 7.15. The normalized spacial score (nSPS) is 14.5. The van der Waals surface area contributed by atoms with Crippen LogP contribution in [0.25, 0.3) is 0 Å². The van der Waals surface area contributed by atoms with Gasteiger partial charge < -0.3 is 15.4 Å². The van der Waals surface area contributed by atoms with Crippen molar-refractivity contribution in [2.75, 3.05) is 25.5 Å². The molecule has 142 valence electrons. The van der Waals surface area contributed by atoms with Crippen LogP contribution in [0.3, 0.4) is 0 Å². The number of hydrogen-bond donors (Lipinski definition) is 2. The number of aromatic nitrogens is 2. The van der Waals surface area contributed by atoms with Crippen LogP contribution in [0.1, 0.15) is 36.3 Å². The first kappa shape index (κ1) is 20.6. The standard InChI is InChI=1S/C18H24N4O2S.ClH/c1-24-15-4-2-3-14(11-15)12-17-21-22-18(25-17)20-16(23)6-5-13-7-9-19-10-8-13;/h2-4,11,13,19H,5-10,12H2,1H3,(H,20,22,23);1H. The van der Waals surface area contributed by atoms with E-state index < -0.39 is 0 Å². The van der Waals surface area contributed by atoms with E-state index in [2.05, 4.69) is 20.8 Å². The molecular formula is C18H25ClN4O2S. The fourth-order valence-electron chi connectivity index (χ4n) is 3.02. The number of piperidine rings is 1. The van der Waals surface area contributed by atoms with E-state index >= 15 is 0 Å². The van der Waals surface area contributed by atoms with Crippen LogP contribution in [0.5, 0.6) is 5.75 Å². The number of hydrogen-bond acceptors (Lipinski definition) is 6. The smallest absolute Gasteiger partial charge is 0.226 e. The first-order valence-corrected chi connectivity index (χ1v) is 9.50. The number of nitrogens with one attached hydrogen (secondary N) is 2. The monoisotopic (exact) mass is 396 g/mol. The Labute approximate surface area is 164 Å². The second-order valence-electron chi connectivity index (χ2n) is 6.31. The Morgan fingerprint density at radius 1 is 1.35 bits per heavy atom. The maximum absolute atomic E-state index is 12.1. The molecule has 0 radical (unpaired) electrons. The molecule has 1 fully saturated rings. The molecular weight excluding hydrogens is 372 g/mol. The van der Waals surface area contributed by atoms with Crippen molar-refractivity contribution in [1.29, 1.82) is 0 Å². The lowest BCUT2D eigenvalue weighted by atomic mass is 9.93. The summed E-state index contributed by atoms with van der Waals surface area (Å²) in [5, 5.41) is 15.9. The highest BCUT2D eigenvalue weighted by Gasteiger charge is 2.15. The SMILES string of the molecule is COc1cccc(Cc2nnc(NC(=O)CCC3CCNCC3)s2)c1.Cl. The van der Waals surface area contributed by atoms with Gasteiger partial charge in [0.2, 0.25) is 11.0 Å². The maximum atomic E-state index is 12.1. The quantitative estimate of drug-likeness (QED) is 0.751. The molecule has 1 amide bonds. The summed E-state index contributed by atoms with van der Waals surface area (Å²) in [6.07, 6.45) is 4.51. The van der Waals surface area contributed by atoms with E-state index in [0.29, 0.717) is 23.9 Å². The van der Waals surface area contributed by atoms with Gasteiger partial charge in [0.05, 0.1) is 7.11 Å². The lowest BCUT2D eigenvalue weighted by Gasteiger charge is -2.21. The van der Waals surface area contributed by atoms with Gasteiger partial charge in [0, 0.05) is 12.8 Å². The minimum absolute atomic E-state index is 0. The molecule has 3 rings (SSSR count). The zero-order valence-electron chi connectivity index (χ0n) is 14.9. The van der Waals surface area contributed by atoms with Gasteiger partial charge in [0.25, 0.3) is 0 Å². The van der Waals surface area contributed by atoms with Crippen LogP contribution < -0.4 is 15.4 Å². The number of nitrogens with zero attached hydrogens (tertiary/aromatic N) is 2. The average molecular weight is 397 g/mol. The van der Waals surface area contributed by atoms with Gasteiger partial charge in [0.15, 0.2) is 0 Å². The molecule has 0 unspecified atom stereocenters. The summed E-state index contributed by atoms with van der Waals surface area (Å²) >= 11 is 1.43. The van der Waals surface area contributed by atoms with E-state index in [0.717, 1.165) is 48.7 Å². The number of halogens is 1. The molecule has 6 nitrogen and oxygen atoms in total. The maximum Gasteiger partial charge on any atom is 0.226 e. The van der Waals surface area contributed by atoms with Crippen molar-refractivity contribution in [3.63, 3.8) is 0 Å². The minimum Gasteiger partial charge on any atom is -0.497 e. The molecule has 1 saturated heterocycles. The number of carbonyl (C=O) groups is 1. The number of rotatable bonds is 7. The Morgan fingerprint density at radius 2 is 2.15 bits per heavy atom. The Kier molecular flexibility index (Phi) is 8.28. The van der Waals surface area contributed by atoms with Gasteiger partial charge in [-0.3, -0.25) is 4.79 Å². The average Bonchev–Trinajstić information content (AvgIpc) is 3.07. The summed E-state index contributed by atoms with van der Waals surface area (Å²) in [7, 11) is 1.65. The molecule has 1 aliphatic heterocycles. The molecule has 1 aromatic carbocycles. The summed E-state index contributed by atoms with van der Waals surface area (Å²) in [4.78, 5) is 12.1. The largest absolute Gasteiger partial charge is 0.497 e. The third-order valence-corrected chi connectivity index (χ3v) is 5.28. The Morgan fingerprint density at radius 3 is 2.92 bits per heavy atom. The number of carbonyl (C=O) groups excluding carboxylic acids is 1. The van der Waals surface area contributed by atoms with Gasteiger partial charge in [-0.05, 0) is 56.0 Å². The fourth-order valence-corrected chi connectivity index (χ4v) is 3.81. The number of methoxy groups -OCH3 is 1. The molecule has 0 bridgehead atoms.